The summed E-state index contributed by atoms with van der Waals surface area (Å²) in [5.41, 5.74) is 3.56. The first-order chi connectivity index (χ1) is 9.10. The smallest absolute Gasteiger partial charge is 0.168 e. The van der Waals surface area contributed by atoms with E-state index in [1.165, 1.54) is 0 Å². The summed E-state index contributed by atoms with van der Waals surface area (Å²) in [7, 11) is 1.61. The largest absolute Gasteiger partial charge is 0.496 e. The zero-order chi connectivity index (χ0) is 13.8. The van der Waals surface area contributed by atoms with Crippen molar-refractivity contribution in [2.45, 2.75) is 20.3 Å². The monoisotopic (exact) mass is 255 g/mol. The number of methoxy groups -OCH3 is 1. The Labute approximate surface area is 113 Å². The number of hydrogen-bond donors (Lipinski definition) is 0. The molecule has 0 fully saturated rings. The van der Waals surface area contributed by atoms with Gasteiger partial charge in [-0.15, -0.1) is 0 Å². The van der Waals surface area contributed by atoms with Crippen LogP contribution in [0.3, 0.4) is 0 Å². The Hall–Kier alpha value is -2.16. The fraction of sp³-hybridized carbons (Fsp3) is 0.250. The molecule has 0 radical (unpaired) electrons. The van der Waals surface area contributed by atoms with Crippen LogP contribution in [0.2, 0.25) is 0 Å². The highest BCUT2D eigenvalue weighted by Crippen LogP contribution is 2.20. The van der Waals surface area contributed by atoms with Crippen LogP contribution in [0, 0.1) is 13.8 Å². The van der Waals surface area contributed by atoms with Crippen molar-refractivity contribution in [1.82, 2.24) is 4.98 Å². The molecule has 0 aliphatic rings. The van der Waals surface area contributed by atoms with Gasteiger partial charge in [0.25, 0.3) is 0 Å². The molecule has 98 valence electrons. The number of aromatic nitrogens is 1. The lowest BCUT2D eigenvalue weighted by atomic mass is 10.0. The molecule has 0 aliphatic heterocycles. The highest BCUT2D eigenvalue weighted by atomic mass is 16.5. The molecule has 2 rings (SSSR count). The molecule has 0 aliphatic carbocycles. The Morgan fingerprint density at radius 1 is 1.21 bits per heavy atom. The van der Waals surface area contributed by atoms with E-state index >= 15 is 0 Å². The number of ether oxygens (including phenoxy) is 1. The van der Waals surface area contributed by atoms with Gasteiger partial charge in [-0.1, -0.05) is 18.2 Å². The fourth-order valence-electron chi connectivity index (χ4n) is 1.86. The zero-order valence-corrected chi connectivity index (χ0v) is 11.4. The number of benzene rings is 1. The van der Waals surface area contributed by atoms with E-state index in [4.69, 9.17) is 4.74 Å². The second kappa shape index (κ2) is 5.65. The number of ketones is 1. The number of carbonyl (C=O) groups is 1. The van der Waals surface area contributed by atoms with E-state index in [1.54, 1.807) is 19.4 Å². The van der Waals surface area contributed by atoms with E-state index in [0.717, 1.165) is 22.6 Å². The summed E-state index contributed by atoms with van der Waals surface area (Å²) in [6.45, 7) is 3.93. The summed E-state index contributed by atoms with van der Waals surface area (Å²) in [5.74, 6) is 0.789. The van der Waals surface area contributed by atoms with Gasteiger partial charge in [-0.05, 0) is 37.1 Å². The maximum absolute atomic E-state index is 12.2. The van der Waals surface area contributed by atoms with E-state index in [2.05, 4.69) is 4.98 Å². The molecular weight excluding hydrogens is 238 g/mol. The molecule has 0 spiro atoms. The second-order valence-electron chi connectivity index (χ2n) is 4.61. The number of hydrogen-bond acceptors (Lipinski definition) is 3. The Morgan fingerprint density at radius 3 is 2.63 bits per heavy atom. The van der Waals surface area contributed by atoms with Crippen LogP contribution in [0.25, 0.3) is 0 Å². The standard InChI is InChI=1S/C16H17NO2/c1-11-4-7-14(17-10-11)9-15(18)13-6-5-12(2)16(8-13)19-3/h4-8,10H,9H2,1-3H3. The SMILES string of the molecule is COc1cc(C(=O)Cc2ccc(C)cn2)ccc1C. The van der Waals surface area contributed by atoms with Crippen LogP contribution < -0.4 is 4.74 Å². The van der Waals surface area contributed by atoms with Crippen LogP contribution in [-0.4, -0.2) is 17.9 Å². The molecule has 0 N–H and O–H groups in total. The summed E-state index contributed by atoms with van der Waals surface area (Å²) in [5, 5.41) is 0. The third kappa shape index (κ3) is 3.19. The minimum atomic E-state index is 0.0506. The molecule has 2 aromatic rings. The number of pyridine rings is 1. The molecule has 0 saturated carbocycles. The van der Waals surface area contributed by atoms with E-state index in [9.17, 15) is 4.79 Å². The average Bonchev–Trinajstić information content (AvgIpc) is 2.42. The summed E-state index contributed by atoms with van der Waals surface area (Å²) < 4.78 is 5.23. The molecule has 0 saturated heterocycles. The van der Waals surface area contributed by atoms with E-state index in [-0.39, 0.29) is 5.78 Å². The predicted molar refractivity (Wildman–Crippen MR) is 74.7 cm³/mol. The number of rotatable bonds is 4. The highest BCUT2D eigenvalue weighted by molar-refractivity contribution is 5.97. The number of Topliss-reactive ketones (excluding diaryl/α,β-unsaturated/α-hetero) is 1. The highest BCUT2D eigenvalue weighted by Gasteiger charge is 2.10. The van der Waals surface area contributed by atoms with Crippen molar-refractivity contribution in [2.75, 3.05) is 7.11 Å². The Morgan fingerprint density at radius 2 is 2.00 bits per heavy atom. The lowest BCUT2D eigenvalue weighted by molar-refractivity contribution is 0.0991. The number of nitrogens with zero attached hydrogens (tertiary/aromatic N) is 1. The molecule has 0 atom stereocenters. The van der Waals surface area contributed by atoms with Gasteiger partial charge in [0.05, 0.1) is 13.5 Å². The number of aryl methyl sites for hydroxylation is 2. The summed E-state index contributed by atoms with van der Waals surface area (Å²) in [6.07, 6.45) is 2.09. The maximum atomic E-state index is 12.2. The van der Waals surface area contributed by atoms with Gasteiger partial charge in [0.2, 0.25) is 0 Å². The van der Waals surface area contributed by atoms with Crippen LogP contribution in [0.1, 0.15) is 27.2 Å². The van der Waals surface area contributed by atoms with Crippen molar-refractivity contribution in [2.24, 2.45) is 0 Å². The first-order valence-corrected chi connectivity index (χ1v) is 6.19. The van der Waals surface area contributed by atoms with Gasteiger partial charge in [0, 0.05) is 17.5 Å². The normalized spacial score (nSPS) is 10.3. The van der Waals surface area contributed by atoms with E-state index in [1.807, 2.05) is 38.1 Å². The van der Waals surface area contributed by atoms with Gasteiger partial charge in [-0.25, -0.2) is 0 Å². The molecule has 1 heterocycles. The van der Waals surface area contributed by atoms with Crippen LogP contribution in [0.5, 0.6) is 5.75 Å². The van der Waals surface area contributed by atoms with Crippen molar-refractivity contribution in [3.63, 3.8) is 0 Å². The first kappa shape index (κ1) is 13.3. The van der Waals surface area contributed by atoms with E-state index in [0.29, 0.717) is 12.0 Å². The Balaban J connectivity index is 2.18. The van der Waals surface area contributed by atoms with E-state index < -0.39 is 0 Å². The molecule has 0 amide bonds. The lowest BCUT2D eigenvalue weighted by Crippen LogP contribution is -2.05. The Bertz CT molecular complexity index is 588. The predicted octanol–water partition coefficient (Wildman–Crippen LogP) is 3.13. The summed E-state index contributed by atoms with van der Waals surface area (Å²) in [6, 6.07) is 9.36. The fourth-order valence-corrected chi connectivity index (χ4v) is 1.86. The summed E-state index contributed by atoms with van der Waals surface area (Å²) in [4.78, 5) is 16.4. The van der Waals surface area contributed by atoms with Crippen molar-refractivity contribution in [3.8, 4) is 5.75 Å². The molecule has 1 aromatic carbocycles. The Kier molecular flexibility index (Phi) is 3.95. The molecule has 19 heavy (non-hydrogen) atoms. The van der Waals surface area contributed by atoms with Gasteiger partial charge in [-0.3, -0.25) is 9.78 Å². The van der Waals surface area contributed by atoms with Crippen molar-refractivity contribution < 1.29 is 9.53 Å². The summed E-state index contributed by atoms with van der Waals surface area (Å²) >= 11 is 0. The molecule has 1 aromatic heterocycles. The third-order valence-corrected chi connectivity index (χ3v) is 3.04. The quantitative estimate of drug-likeness (QED) is 0.788. The third-order valence-electron chi connectivity index (χ3n) is 3.04. The maximum Gasteiger partial charge on any atom is 0.168 e. The van der Waals surface area contributed by atoms with Crippen LogP contribution in [-0.2, 0) is 6.42 Å². The van der Waals surface area contributed by atoms with Gasteiger partial charge >= 0.3 is 0 Å². The first-order valence-electron chi connectivity index (χ1n) is 6.19. The second-order valence-corrected chi connectivity index (χ2v) is 4.61. The van der Waals surface area contributed by atoms with Crippen molar-refractivity contribution >= 4 is 5.78 Å². The molecule has 3 nitrogen and oxygen atoms in total. The van der Waals surface area contributed by atoms with Crippen LogP contribution in [0.15, 0.2) is 36.5 Å². The van der Waals surface area contributed by atoms with Gasteiger partial charge in [-0.2, -0.15) is 0 Å². The zero-order valence-electron chi connectivity index (χ0n) is 11.4. The molecular formula is C16H17NO2. The van der Waals surface area contributed by atoms with Gasteiger partial charge in [0.1, 0.15) is 5.75 Å². The lowest BCUT2D eigenvalue weighted by Gasteiger charge is -2.07. The van der Waals surface area contributed by atoms with Crippen LogP contribution in [0.4, 0.5) is 0 Å². The topological polar surface area (TPSA) is 39.2 Å². The van der Waals surface area contributed by atoms with Gasteiger partial charge in [0.15, 0.2) is 5.78 Å². The molecule has 0 unspecified atom stereocenters. The molecule has 3 heteroatoms. The van der Waals surface area contributed by atoms with Crippen LogP contribution >= 0.6 is 0 Å². The van der Waals surface area contributed by atoms with Crippen molar-refractivity contribution in [1.29, 1.82) is 0 Å². The minimum absolute atomic E-state index is 0.0506. The average molecular weight is 255 g/mol. The number of carbonyl (C=O) groups excluding carboxylic acids is 1. The van der Waals surface area contributed by atoms with Gasteiger partial charge < -0.3 is 4.74 Å². The minimum Gasteiger partial charge on any atom is -0.496 e. The van der Waals surface area contributed by atoms with Crippen molar-refractivity contribution in [3.05, 3.63) is 58.9 Å². The molecule has 0 bridgehead atoms.